The predicted molar refractivity (Wildman–Crippen MR) is 80.3 cm³/mol. The second kappa shape index (κ2) is 6.03. The van der Waals surface area contributed by atoms with Crippen molar-refractivity contribution in [2.24, 2.45) is 0 Å². The van der Waals surface area contributed by atoms with Crippen LogP contribution in [0.4, 0.5) is 0 Å². The fourth-order valence-corrected chi connectivity index (χ4v) is 2.47. The first-order valence-electron chi connectivity index (χ1n) is 6.70. The van der Waals surface area contributed by atoms with Crippen LogP contribution >= 0.6 is 15.9 Å². The molecule has 5 nitrogen and oxygen atoms in total. The minimum Gasteiger partial charge on any atom is -0.379 e. The molecule has 1 aliphatic heterocycles. The van der Waals surface area contributed by atoms with Gasteiger partial charge in [-0.2, -0.15) is 0 Å². The number of morpholine rings is 1. The van der Waals surface area contributed by atoms with E-state index in [0.29, 0.717) is 0 Å². The topological polar surface area (TPSA) is 43.2 Å². The van der Waals surface area contributed by atoms with Crippen molar-refractivity contribution in [3.8, 4) is 11.4 Å². The van der Waals surface area contributed by atoms with Crippen LogP contribution in [0.25, 0.3) is 11.4 Å². The number of hydrogen-bond donors (Lipinski definition) is 0. The van der Waals surface area contributed by atoms with Crippen molar-refractivity contribution in [1.29, 1.82) is 0 Å². The second-order valence-electron chi connectivity index (χ2n) is 4.86. The summed E-state index contributed by atoms with van der Waals surface area (Å²) >= 11 is 3.44. The average molecular weight is 337 g/mol. The highest BCUT2D eigenvalue weighted by molar-refractivity contribution is 9.10. The number of rotatable bonds is 3. The van der Waals surface area contributed by atoms with Crippen molar-refractivity contribution in [3.63, 3.8) is 0 Å². The number of ether oxygens (including phenoxy) is 1. The molecule has 0 N–H and O–H groups in total. The molecule has 1 aromatic heterocycles. The number of aryl methyl sites for hydroxylation is 1. The van der Waals surface area contributed by atoms with Crippen LogP contribution < -0.4 is 0 Å². The van der Waals surface area contributed by atoms with Gasteiger partial charge in [0.25, 0.3) is 0 Å². The molecular formula is C14H17BrN4O. The van der Waals surface area contributed by atoms with Crippen molar-refractivity contribution in [3.05, 3.63) is 34.6 Å². The van der Waals surface area contributed by atoms with E-state index < -0.39 is 0 Å². The molecule has 1 aliphatic rings. The molecule has 20 heavy (non-hydrogen) atoms. The molecule has 0 spiro atoms. The molecule has 3 rings (SSSR count). The highest BCUT2D eigenvalue weighted by atomic mass is 79.9. The van der Waals surface area contributed by atoms with Crippen LogP contribution in [0.5, 0.6) is 0 Å². The minimum absolute atomic E-state index is 0.777. The Morgan fingerprint density at radius 1 is 1.20 bits per heavy atom. The third kappa shape index (κ3) is 3.08. The molecule has 0 amide bonds. The van der Waals surface area contributed by atoms with E-state index in [-0.39, 0.29) is 0 Å². The summed E-state index contributed by atoms with van der Waals surface area (Å²) in [5, 5.41) is 4.61. The van der Waals surface area contributed by atoms with Crippen molar-refractivity contribution in [2.45, 2.75) is 13.6 Å². The molecule has 6 heteroatoms. The first-order chi connectivity index (χ1) is 9.72. The smallest absolute Gasteiger partial charge is 0.181 e. The van der Waals surface area contributed by atoms with E-state index in [0.717, 1.165) is 54.7 Å². The van der Waals surface area contributed by atoms with Crippen LogP contribution in [-0.4, -0.2) is 46.0 Å². The first-order valence-corrected chi connectivity index (χ1v) is 7.49. The highest BCUT2D eigenvalue weighted by Gasteiger charge is 2.14. The molecule has 106 valence electrons. The Bertz CT molecular complexity index is 575. The fraction of sp³-hybridized carbons (Fsp3) is 0.429. The maximum Gasteiger partial charge on any atom is 0.181 e. The monoisotopic (exact) mass is 336 g/mol. The molecule has 0 saturated carbocycles. The predicted octanol–water partition coefficient (Wildman–Crippen LogP) is 2.31. The van der Waals surface area contributed by atoms with Gasteiger partial charge in [-0.15, -0.1) is 5.10 Å². The third-order valence-electron chi connectivity index (χ3n) is 3.40. The van der Waals surface area contributed by atoms with Gasteiger partial charge in [-0.3, -0.25) is 4.90 Å². The zero-order valence-electron chi connectivity index (χ0n) is 11.4. The van der Waals surface area contributed by atoms with E-state index in [1.165, 1.54) is 0 Å². The molecule has 0 radical (unpaired) electrons. The quantitative estimate of drug-likeness (QED) is 0.862. The van der Waals surface area contributed by atoms with Gasteiger partial charge >= 0.3 is 0 Å². The largest absolute Gasteiger partial charge is 0.379 e. The summed E-state index contributed by atoms with van der Waals surface area (Å²) in [6, 6.07) is 8.07. The Balaban J connectivity index is 1.78. The zero-order chi connectivity index (χ0) is 13.9. The maximum absolute atomic E-state index is 5.36. The van der Waals surface area contributed by atoms with Crippen LogP contribution in [-0.2, 0) is 11.4 Å². The van der Waals surface area contributed by atoms with Gasteiger partial charge in [-0.25, -0.2) is 9.67 Å². The Labute approximate surface area is 126 Å². The molecule has 2 aromatic rings. The summed E-state index contributed by atoms with van der Waals surface area (Å²) in [4.78, 5) is 6.88. The third-order valence-corrected chi connectivity index (χ3v) is 3.93. The fourth-order valence-electron chi connectivity index (χ4n) is 2.21. The lowest BCUT2D eigenvalue weighted by Gasteiger charge is -2.26. The lowest BCUT2D eigenvalue weighted by atomic mass is 10.2. The lowest BCUT2D eigenvalue weighted by molar-refractivity contribution is 0.0209. The van der Waals surface area contributed by atoms with Crippen molar-refractivity contribution < 1.29 is 4.74 Å². The SMILES string of the molecule is Cc1nc(-c2ccc(Br)cc2)nn1CN1CCOCC1. The van der Waals surface area contributed by atoms with E-state index in [1.54, 1.807) is 0 Å². The maximum atomic E-state index is 5.36. The van der Waals surface area contributed by atoms with Gasteiger partial charge in [0, 0.05) is 23.1 Å². The van der Waals surface area contributed by atoms with Crippen LogP contribution in [0.1, 0.15) is 5.82 Å². The van der Waals surface area contributed by atoms with Gasteiger partial charge in [-0.05, 0) is 19.1 Å². The molecule has 0 unspecified atom stereocenters. The Hall–Kier alpha value is -1.24. The number of halogens is 1. The molecule has 0 bridgehead atoms. The Morgan fingerprint density at radius 3 is 2.60 bits per heavy atom. The van der Waals surface area contributed by atoms with Gasteiger partial charge in [0.05, 0.1) is 19.9 Å². The van der Waals surface area contributed by atoms with E-state index >= 15 is 0 Å². The van der Waals surface area contributed by atoms with Gasteiger partial charge in [0.2, 0.25) is 0 Å². The van der Waals surface area contributed by atoms with E-state index in [4.69, 9.17) is 4.74 Å². The number of aromatic nitrogens is 3. The molecule has 1 fully saturated rings. The van der Waals surface area contributed by atoms with Crippen molar-refractivity contribution in [2.75, 3.05) is 26.3 Å². The van der Waals surface area contributed by atoms with Gasteiger partial charge in [0.15, 0.2) is 5.82 Å². The van der Waals surface area contributed by atoms with E-state index in [2.05, 4.69) is 30.9 Å². The van der Waals surface area contributed by atoms with Crippen molar-refractivity contribution >= 4 is 15.9 Å². The van der Waals surface area contributed by atoms with Crippen LogP contribution in [0.15, 0.2) is 28.7 Å². The van der Waals surface area contributed by atoms with Crippen LogP contribution in [0.3, 0.4) is 0 Å². The summed E-state index contributed by atoms with van der Waals surface area (Å²) in [5.41, 5.74) is 1.04. The summed E-state index contributed by atoms with van der Waals surface area (Å²) in [6.45, 7) is 6.27. The molecule has 2 heterocycles. The van der Waals surface area contributed by atoms with Crippen LogP contribution in [0, 0.1) is 6.92 Å². The van der Waals surface area contributed by atoms with Gasteiger partial charge < -0.3 is 4.74 Å². The molecule has 1 aromatic carbocycles. The standard InChI is InChI=1S/C14H17BrN4O/c1-11-16-14(12-2-4-13(15)5-3-12)17-19(11)10-18-6-8-20-9-7-18/h2-5H,6-10H2,1H3. The summed E-state index contributed by atoms with van der Waals surface area (Å²) in [6.07, 6.45) is 0. The molecular weight excluding hydrogens is 320 g/mol. The van der Waals surface area contributed by atoms with Gasteiger partial charge in [-0.1, -0.05) is 28.1 Å². The van der Waals surface area contributed by atoms with Gasteiger partial charge in [0.1, 0.15) is 5.82 Å². The summed E-state index contributed by atoms with van der Waals surface area (Å²) < 4.78 is 8.38. The molecule has 1 saturated heterocycles. The summed E-state index contributed by atoms with van der Waals surface area (Å²) in [5.74, 6) is 1.72. The van der Waals surface area contributed by atoms with E-state index in [1.807, 2.05) is 35.9 Å². The minimum atomic E-state index is 0.777. The molecule has 0 aliphatic carbocycles. The first kappa shape index (κ1) is 13.7. The normalized spacial score (nSPS) is 16.5. The lowest BCUT2D eigenvalue weighted by Crippen LogP contribution is -2.37. The number of nitrogens with zero attached hydrogens (tertiary/aromatic N) is 4. The van der Waals surface area contributed by atoms with E-state index in [9.17, 15) is 0 Å². The average Bonchev–Trinajstić information content (AvgIpc) is 2.82. The Kier molecular flexibility index (Phi) is 4.14. The second-order valence-corrected chi connectivity index (χ2v) is 5.78. The number of benzene rings is 1. The Morgan fingerprint density at radius 2 is 1.90 bits per heavy atom. The number of hydrogen-bond acceptors (Lipinski definition) is 4. The zero-order valence-corrected chi connectivity index (χ0v) is 13.0. The summed E-state index contributed by atoms with van der Waals surface area (Å²) in [7, 11) is 0. The molecule has 0 atom stereocenters. The van der Waals surface area contributed by atoms with Crippen LogP contribution in [0.2, 0.25) is 0 Å². The highest BCUT2D eigenvalue weighted by Crippen LogP contribution is 2.19. The van der Waals surface area contributed by atoms with Crippen molar-refractivity contribution in [1.82, 2.24) is 19.7 Å².